The Morgan fingerprint density at radius 2 is 1.52 bits per heavy atom. The van der Waals surface area contributed by atoms with Gasteiger partial charge in [0.1, 0.15) is 11.5 Å². The molecule has 29 heavy (non-hydrogen) atoms. The second-order valence-corrected chi connectivity index (χ2v) is 8.32. The molecule has 9 heteroatoms. The van der Waals surface area contributed by atoms with E-state index in [-0.39, 0.29) is 30.7 Å². The van der Waals surface area contributed by atoms with Crippen molar-refractivity contribution in [3.63, 3.8) is 0 Å². The molecule has 0 aliphatic carbocycles. The van der Waals surface area contributed by atoms with Gasteiger partial charge in [-0.15, -0.1) is 0 Å². The Hall–Kier alpha value is -2.78. The fraction of sp³-hybridized carbons (Fsp3) is 0.350. The number of hydrogen-bond donors (Lipinski definition) is 1. The molecule has 3 rings (SSSR count). The van der Waals surface area contributed by atoms with Gasteiger partial charge in [0.25, 0.3) is 0 Å². The van der Waals surface area contributed by atoms with Gasteiger partial charge in [-0.1, -0.05) is 18.2 Å². The Morgan fingerprint density at radius 3 is 2.10 bits per heavy atom. The zero-order valence-corrected chi connectivity index (χ0v) is 17.1. The standard InChI is InChI=1S/C20H25N3O5S/c1-2-27-17-8-10-18(11-9-17)28-16-21-20(24)22-12-14-23(15-13-22)29(25,26)19-6-4-3-5-7-19/h3-11H,2,12-16H2,1H3,(H,21,24). The van der Waals surface area contributed by atoms with E-state index in [9.17, 15) is 13.2 Å². The third kappa shape index (κ3) is 5.39. The molecule has 1 fully saturated rings. The smallest absolute Gasteiger partial charge is 0.320 e. The van der Waals surface area contributed by atoms with Gasteiger partial charge in [0.15, 0.2) is 6.73 Å². The van der Waals surface area contributed by atoms with E-state index in [1.807, 2.05) is 6.92 Å². The summed E-state index contributed by atoms with van der Waals surface area (Å²) in [7, 11) is -3.53. The number of nitrogens with one attached hydrogen (secondary N) is 1. The number of ether oxygens (including phenoxy) is 2. The maximum Gasteiger partial charge on any atom is 0.320 e. The summed E-state index contributed by atoms with van der Waals surface area (Å²) in [6.45, 7) is 3.68. The average Bonchev–Trinajstić information content (AvgIpc) is 2.76. The lowest BCUT2D eigenvalue weighted by atomic mass is 10.3. The molecule has 2 amide bonds. The van der Waals surface area contributed by atoms with Gasteiger partial charge in [0.2, 0.25) is 10.0 Å². The molecule has 1 aliphatic heterocycles. The Kier molecular flexibility index (Phi) is 6.95. The summed E-state index contributed by atoms with van der Waals surface area (Å²) in [6, 6.07) is 15.2. The van der Waals surface area contributed by atoms with E-state index in [1.54, 1.807) is 59.5 Å². The van der Waals surface area contributed by atoms with Gasteiger partial charge in [-0.2, -0.15) is 4.31 Å². The molecule has 0 bridgehead atoms. The van der Waals surface area contributed by atoms with E-state index in [2.05, 4.69) is 5.32 Å². The van der Waals surface area contributed by atoms with Crippen LogP contribution in [0.4, 0.5) is 4.79 Å². The number of sulfonamides is 1. The number of carbonyl (C=O) groups is 1. The molecule has 0 saturated carbocycles. The monoisotopic (exact) mass is 419 g/mol. The van der Waals surface area contributed by atoms with E-state index < -0.39 is 10.0 Å². The number of urea groups is 1. The SMILES string of the molecule is CCOc1ccc(OCNC(=O)N2CCN(S(=O)(=O)c3ccccc3)CC2)cc1. The van der Waals surface area contributed by atoms with Gasteiger partial charge < -0.3 is 19.7 Å². The van der Waals surface area contributed by atoms with Crippen LogP contribution in [0.2, 0.25) is 0 Å². The second kappa shape index (κ2) is 9.62. The summed E-state index contributed by atoms with van der Waals surface area (Å²) in [5.74, 6) is 1.37. The zero-order chi connectivity index (χ0) is 20.7. The van der Waals surface area contributed by atoms with Crippen molar-refractivity contribution in [1.82, 2.24) is 14.5 Å². The minimum absolute atomic E-state index is 0.0232. The third-order valence-corrected chi connectivity index (χ3v) is 6.42. The van der Waals surface area contributed by atoms with E-state index >= 15 is 0 Å². The molecule has 0 radical (unpaired) electrons. The van der Waals surface area contributed by atoms with Crippen LogP contribution in [0, 0.1) is 0 Å². The number of hydrogen-bond acceptors (Lipinski definition) is 5. The first kappa shape index (κ1) is 20.9. The predicted molar refractivity (Wildman–Crippen MR) is 108 cm³/mol. The van der Waals surface area contributed by atoms with Gasteiger partial charge in [-0.3, -0.25) is 0 Å². The fourth-order valence-corrected chi connectivity index (χ4v) is 4.41. The highest BCUT2D eigenvalue weighted by Crippen LogP contribution is 2.18. The molecular formula is C20H25N3O5S. The largest absolute Gasteiger partial charge is 0.494 e. The molecule has 0 atom stereocenters. The van der Waals surface area contributed by atoms with Crippen molar-refractivity contribution in [3.8, 4) is 11.5 Å². The van der Waals surface area contributed by atoms with Crippen molar-refractivity contribution in [3.05, 3.63) is 54.6 Å². The average molecular weight is 420 g/mol. The highest BCUT2D eigenvalue weighted by molar-refractivity contribution is 7.89. The van der Waals surface area contributed by atoms with Crippen molar-refractivity contribution >= 4 is 16.1 Å². The third-order valence-electron chi connectivity index (χ3n) is 4.50. The first-order chi connectivity index (χ1) is 14.0. The molecule has 156 valence electrons. The van der Waals surface area contributed by atoms with Gasteiger partial charge >= 0.3 is 6.03 Å². The maximum atomic E-state index is 12.6. The van der Waals surface area contributed by atoms with E-state index in [0.29, 0.717) is 25.4 Å². The lowest BCUT2D eigenvalue weighted by Crippen LogP contribution is -2.53. The van der Waals surface area contributed by atoms with E-state index in [0.717, 1.165) is 5.75 Å². The van der Waals surface area contributed by atoms with Crippen molar-refractivity contribution < 1.29 is 22.7 Å². The lowest BCUT2D eigenvalue weighted by molar-refractivity contribution is 0.162. The first-order valence-electron chi connectivity index (χ1n) is 9.44. The molecule has 1 saturated heterocycles. The van der Waals surface area contributed by atoms with Crippen LogP contribution >= 0.6 is 0 Å². The van der Waals surface area contributed by atoms with Crippen LogP contribution in [0.5, 0.6) is 11.5 Å². The van der Waals surface area contributed by atoms with Crippen LogP contribution in [0.15, 0.2) is 59.5 Å². The van der Waals surface area contributed by atoms with Crippen LogP contribution in [0.1, 0.15) is 6.92 Å². The Balaban J connectivity index is 1.44. The highest BCUT2D eigenvalue weighted by atomic mass is 32.2. The normalized spacial score (nSPS) is 15.0. The maximum absolute atomic E-state index is 12.6. The van der Waals surface area contributed by atoms with Crippen LogP contribution in [0.3, 0.4) is 0 Å². The number of rotatable bonds is 7. The summed E-state index contributed by atoms with van der Waals surface area (Å²) >= 11 is 0. The minimum atomic E-state index is -3.53. The molecule has 0 spiro atoms. The van der Waals surface area contributed by atoms with Crippen molar-refractivity contribution in [2.45, 2.75) is 11.8 Å². The summed E-state index contributed by atoms with van der Waals surface area (Å²) in [5.41, 5.74) is 0. The number of benzene rings is 2. The van der Waals surface area contributed by atoms with Crippen LogP contribution < -0.4 is 14.8 Å². The predicted octanol–water partition coefficient (Wildman–Crippen LogP) is 2.14. The van der Waals surface area contributed by atoms with Crippen molar-refractivity contribution in [2.24, 2.45) is 0 Å². The quantitative estimate of drug-likeness (QED) is 0.695. The zero-order valence-electron chi connectivity index (χ0n) is 16.3. The Bertz CT molecular complexity index is 895. The summed E-state index contributed by atoms with van der Waals surface area (Å²) in [5, 5.41) is 2.69. The fourth-order valence-electron chi connectivity index (χ4n) is 2.96. The summed E-state index contributed by atoms with van der Waals surface area (Å²) < 4.78 is 37.6. The van der Waals surface area contributed by atoms with E-state index in [1.165, 1.54) is 4.31 Å². The molecule has 2 aromatic rings. The number of carbonyl (C=O) groups excluding carboxylic acids is 1. The van der Waals surface area contributed by atoms with Crippen molar-refractivity contribution in [2.75, 3.05) is 39.5 Å². The van der Waals surface area contributed by atoms with E-state index in [4.69, 9.17) is 9.47 Å². The van der Waals surface area contributed by atoms with Gasteiger partial charge in [-0.05, 0) is 43.3 Å². The summed E-state index contributed by atoms with van der Waals surface area (Å²) in [4.78, 5) is 14.1. The van der Waals surface area contributed by atoms with Crippen LogP contribution in [-0.2, 0) is 10.0 Å². The number of nitrogens with zero attached hydrogens (tertiary/aromatic N) is 2. The topological polar surface area (TPSA) is 88.2 Å². The second-order valence-electron chi connectivity index (χ2n) is 6.38. The van der Waals surface area contributed by atoms with Gasteiger partial charge in [-0.25, -0.2) is 13.2 Å². The molecule has 1 N–H and O–H groups in total. The molecule has 2 aromatic carbocycles. The Labute approximate surface area is 171 Å². The number of amides is 2. The van der Waals surface area contributed by atoms with Crippen molar-refractivity contribution in [1.29, 1.82) is 0 Å². The van der Waals surface area contributed by atoms with Gasteiger partial charge in [0, 0.05) is 26.2 Å². The molecule has 1 heterocycles. The van der Waals surface area contributed by atoms with Crippen LogP contribution in [-0.4, -0.2) is 63.2 Å². The Morgan fingerprint density at radius 1 is 0.931 bits per heavy atom. The highest BCUT2D eigenvalue weighted by Gasteiger charge is 2.29. The number of piperazine rings is 1. The first-order valence-corrected chi connectivity index (χ1v) is 10.9. The molecule has 0 aromatic heterocycles. The molecule has 0 unspecified atom stereocenters. The molecular weight excluding hydrogens is 394 g/mol. The lowest BCUT2D eigenvalue weighted by Gasteiger charge is -2.33. The minimum Gasteiger partial charge on any atom is -0.494 e. The molecule has 1 aliphatic rings. The summed E-state index contributed by atoms with van der Waals surface area (Å²) in [6.07, 6.45) is 0. The molecule has 8 nitrogen and oxygen atoms in total. The van der Waals surface area contributed by atoms with Gasteiger partial charge in [0.05, 0.1) is 11.5 Å². The van der Waals surface area contributed by atoms with Crippen LogP contribution in [0.25, 0.3) is 0 Å².